The van der Waals surface area contributed by atoms with E-state index in [1.54, 1.807) is 0 Å². The number of rotatable bonds is 9. The summed E-state index contributed by atoms with van der Waals surface area (Å²) in [6.45, 7) is 5.79. The van der Waals surface area contributed by atoms with E-state index in [2.05, 4.69) is 92.0 Å². The maximum absolute atomic E-state index is 6.02. The van der Waals surface area contributed by atoms with E-state index in [1.807, 2.05) is 6.07 Å². The highest BCUT2D eigenvalue weighted by Crippen LogP contribution is 2.20. The van der Waals surface area contributed by atoms with Gasteiger partial charge in [-0.05, 0) is 47.7 Å². The highest BCUT2D eigenvalue weighted by atomic mass is 16.5. The summed E-state index contributed by atoms with van der Waals surface area (Å²) in [6, 6.07) is 27.8. The molecule has 0 saturated carbocycles. The Morgan fingerprint density at radius 3 is 2.44 bits per heavy atom. The third-order valence-corrected chi connectivity index (χ3v) is 4.89. The average Bonchev–Trinajstić information content (AvgIpc) is 2.71. The van der Waals surface area contributed by atoms with E-state index in [4.69, 9.17) is 4.74 Å². The van der Waals surface area contributed by atoms with Gasteiger partial charge in [-0.15, -0.1) is 0 Å². The third kappa shape index (κ3) is 5.70. The van der Waals surface area contributed by atoms with E-state index in [-0.39, 0.29) is 0 Å². The molecular weight excluding hydrogens is 330 g/mol. The average molecular weight is 360 g/mol. The van der Waals surface area contributed by atoms with Gasteiger partial charge in [0.15, 0.2) is 0 Å². The summed E-state index contributed by atoms with van der Waals surface area (Å²) in [7, 11) is 0. The van der Waals surface area contributed by atoms with Crippen molar-refractivity contribution in [3.8, 4) is 5.75 Å². The number of ether oxygens (including phenoxy) is 1. The maximum atomic E-state index is 6.02. The van der Waals surface area contributed by atoms with E-state index >= 15 is 0 Å². The highest BCUT2D eigenvalue weighted by molar-refractivity contribution is 5.30. The molecule has 0 amide bonds. The summed E-state index contributed by atoms with van der Waals surface area (Å²) in [5.74, 6) is 0.921. The lowest BCUT2D eigenvalue weighted by Crippen LogP contribution is -2.20. The van der Waals surface area contributed by atoms with E-state index < -0.39 is 0 Å². The molecule has 3 aromatic carbocycles. The molecule has 3 aromatic rings. The van der Waals surface area contributed by atoms with E-state index in [1.165, 1.54) is 22.3 Å². The molecule has 0 aliphatic heterocycles. The molecule has 140 valence electrons. The molecule has 27 heavy (non-hydrogen) atoms. The Balaban J connectivity index is 1.60. The molecule has 0 aliphatic carbocycles. The van der Waals surface area contributed by atoms with Gasteiger partial charge in [0.05, 0.1) is 0 Å². The predicted molar refractivity (Wildman–Crippen MR) is 113 cm³/mol. The molecule has 3 rings (SSSR count). The summed E-state index contributed by atoms with van der Waals surface area (Å²) in [4.78, 5) is 0. The van der Waals surface area contributed by atoms with Crippen LogP contribution in [0.2, 0.25) is 0 Å². The van der Waals surface area contributed by atoms with Crippen molar-refractivity contribution in [3.63, 3.8) is 0 Å². The zero-order valence-electron chi connectivity index (χ0n) is 16.3. The first-order valence-corrected chi connectivity index (χ1v) is 9.81. The van der Waals surface area contributed by atoms with Gasteiger partial charge in [0, 0.05) is 12.6 Å². The van der Waals surface area contributed by atoms with Crippen molar-refractivity contribution in [2.24, 2.45) is 0 Å². The van der Waals surface area contributed by atoms with Crippen molar-refractivity contribution in [1.82, 2.24) is 5.32 Å². The van der Waals surface area contributed by atoms with E-state index in [0.29, 0.717) is 12.6 Å². The van der Waals surface area contributed by atoms with Gasteiger partial charge < -0.3 is 10.1 Å². The summed E-state index contributed by atoms with van der Waals surface area (Å²) >= 11 is 0. The third-order valence-electron chi connectivity index (χ3n) is 4.89. The van der Waals surface area contributed by atoms with Crippen LogP contribution in [-0.4, -0.2) is 0 Å². The second-order valence-electron chi connectivity index (χ2n) is 7.00. The topological polar surface area (TPSA) is 21.3 Å². The largest absolute Gasteiger partial charge is 0.489 e. The number of hydrogen-bond acceptors (Lipinski definition) is 2. The Morgan fingerprint density at radius 2 is 1.67 bits per heavy atom. The van der Waals surface area contributed by atoms with Crippen LogP contribution >= 0.6 is 0 Å². The minimum absolute atomic E-state index is 0.382. The molecule has 1 atom stereocenters. The van der Waals surface area contributed by atoms with Crippen LogP contribution in [-0.2, 0) is 13.2 Å². The number of benzene rings is 3. The highest BCUT2D eigenvalue weighted by Gasteiger charge is 2.09. The van der Waals surface area contributed by atoms with Gasteiger partial charge in [-0.25, -0.2) is 0 Å². The molecule has 0 aliphatic rings. The Morgan fingerprint density at radius 1 is 0.889 bits per heavy atom. The second kappa shape index (κ2) is 9.94. The van der Waals surface area contributed by atoms with Crippen molar-refractivity contribution < 1.29 is 4.74 Å². The van der Waals surface area contributed by atoms with Crippen LogP contribution in [0.4, 0.5) is 0 Å². The lowest BCUT2D eigenvalue weighted by Gasteiger charge is -2.19. The minimum Gasteiger partial charge on any atom is -0.489 e. The number of nitrogens with one attached hydrogen (secondary N) is 1. The van der Waals surface area contributed by atoms with Crippen LogP contribution in [0.3, 0.4) is 0 Å². The van der Waals surface area contributed by atoms with Gasteiger partial charge in [-0.2, -0.15) is 0 Å². The molecule has 0 fully saturated rings. The Labute approximate surface area is 163 Å². The van der Waals surface area contributed by atoms with Crippen molar-refractivity contribution in [2.45, 2.75) is 45.9 Å². The predicted octanol–water partition coefficient (Wildman–Crippen LogP) is 6.21. The van der Waals surface area contributed by atoms with Gasteiger partial charge in [0.25, 0.3) is 0 Å². The quantitative estimate of drug-likeness (QED) is 0.491. The van der Waals surface area contributed by atoms with Gasteiger partial charge >= 0.3 is 0 Å². The Bertz CT molecular complexity index is 828. The minimum atomic E-state index is 0.382. The summed E-state index contributed by atoms with van der Waals surface area (Å²) in [5, 5.41) is 3.71. The van der Waals surface area contributed by atoms with Gasteiger partial charge in [-0.1, -0.05) is 80.1 Å². The first-order valence-electron chi connectivity index (χ1n) is 9.81. The fourth-order valence-electron chi connectivity index (χ4n) is 3.28. The smallest absolute Gasteiger partial charge is 0.120 e. The van der Waals surface area contributed by atoms with Crippen LogP contribution in [0.25, 0.3) is 0 Å². The molecule has 2 heteroatoms. The van der Waals surface area contributed by atoms with Crippen LogP contribution in [0.1, 0.15) is 48.1 Å². The summed E-state index contributed by atoms with van der Waals surface area (Å²) < 4.78 is 6.02. The van der Waals surface area contributed by atoms with Crippen LogP contribution in [0.5, 0.6) is 5.75 Å². The zero-order chi connectivity index (χ0) is 18.9. The molecule has 1 N–H and O–H groups in total. The molecule has 0 saturated heterocycles. The fraction of sp³-hybridized carbons (Fsp3) is 0.280. The lowest BCUT2D eigenvalue weighted by molar-refractivity contribution is 0.305. The molecule has 0 heterocycles. The van der Waals surface area contributed by atoms with Crippen LogP contribution in [0.15, 0.2) is 78.9 Å². The van der Waals surface area contributed by atoms with Crippen LogP contribution in [0, 0.1) is 6.92 Å². The Hall–Kier alpha value is -2.58. The number of aryl methyl sites for hydroxylation is 1. The molecule has 0 aromatic heterocycles. The van der Waals surface area contributed by atoms with Gasteiger partial charge in [-0.3, -0.25) is 0 Å². The maximum Gasteiger partial charge on any atom is 0.120 e. The molecule has 2 nitrogen and oxygen atoms in total. The first kappa shape index (κ1) is 19.2. The SMILES string of the molecule is CCCC(NCc1cccc(OCc2ccccc2C)c1)c1ccccc1. The van der Waals surface area contributed by atoms with Crippen molar-refractivity contribution in [2.75, 3.05) is 0 Å². The standard InChI is InChI=1S/C25H29NO/c1-3-10-25(22-13-5-4-6-14-22)26-18-21-12-9-16-24(17-21)27-19-23-15-8-7-11-20(23)2/h4-9,11-17,25-26H,3,10,18-19H2,1-2H3. The second-order valence-corrected chi connectivity index (χ2v) is 7.00. The molecular formula is C25H29NO. The van der Waals surface area contributed by atoms with Crippen molar-refractivity contribution in [3.05, 3.63) is 101 Å². The molecule has 1 unspecified atom stereocenters. The molecule has 0 spiro atoms. The van der Waals surface area contributed by atoms with Gasteiger partial charge in [0.2, 0.25) is 0 Å². The Kier molecular flexibility index (Phi) is 7.06. The van der Waals surface area contributed by atoms with Gasteiger partial charge in [0.1, 0.15) is 12.4 Å². The van der Waals surface area contributed by atoms with Crippen molar-refractivity contribution >= 4 is 0 Å². The van der Waals surface area contributed by atoms with Crippen molar-refractivity contribution in [1.29, 1.82) is 0 Å². The van der Waals surface area contributed by atoms with E-state index in [9.17, 15) is 0 Å². The molecule has 0 bridgehead atoms. The normalized spacial score (nSPS) is 11.9. The first-order chi connectivity index (χ1) is 13.3. The number of hydrogen-bond donors (Lipinski definition) is 1. The fourth-order valence-corrected chi connectivity index (χ4v) is 3.28. The van der Waals surface area contributed by atoms with E-state index in [0.717, 1.165) is 25.1 Å². The zero-order valence-corrected chi connectivity index (χ0v) is 16.3. The van der Waals surface area contributed by atoms with Crippen LogP contribution < -0.4 is 10.1 Å². The monoisotopic (exact) mass is 359 g/mol. The summed E-state index contributed by atoms with van der Waals surface area (Å²) in [5.41, 5.74) is 5.09. The lowest BCUT2D eigenvalue weighted by atomic mass is 10.0. The molecule has 0 radical (unpaired) electrons. The summed E-state index contributed by atoms with van der Waals surface area (Å²) in [6.07, 6.45) is 2.29.